The van der Waals surface area contributed by atoms with Crippen LogP contribution in [0.5, 0.6) is 0 Å². The maximum atomic E-state index is 11.6. The lowest BCUT2D eigenvalue weighted by Crippen LogP contribution is -2.23. The molecule has 1 saturated heterocycles. The quantitative estimate of drug-likeness (QED) is 0.725. The average Bonchev–Trinajstić information content (AvgIpc) is 3.28. The Labute approximate surface area is 164 Å². The SMILES string of the molecule is CNC(=O)c1ccc(CN2C[C@@H](Cc3cc(C)no3)[C@@H](OC)C2)cc1.O=CO. The summed E-state index contributed by atoms with van der Waals surface area (Å²) in [6, 6.07) is 9.76. The number of carbonyl (C=O) groups is 2. The number of carboxylic acid groups (broad SMARTS) is 1. The highest BCUT2D eigenvalue weighted by Gasteiger charge is 2.33. The van der Waals surface area contributed by atoms with E-state index in [4.69, 9.17) is 19.2 Å². The Bertz CT molecular complexity index is 759. The second kappa shape index (κ2) is 10.6. The van der Waals surface area contributed by atoms with Gasteiger partial charge in [0.15, 0.2) is 0 Å². The summed E-state index contributed by atoms with van der Waals surface area (Å²) in [4.78, 5) is 22.4. The molecule has 2 N–H and O–H groups in total. The van der Waals surface area contributed by atoms with Gasteiger partial charge in [0, 0.05) is 57.8 Å². The van der Waals surface area contributed by atoms with Crippen molar-refractivity contribution in [2.24, 2.45) is 5.92 Å². The summed E-state index contributed by atoms with van der Waals surface area (Å²) >= 11 is 0. The van der Waals surface area contributed by atoms with Gasteiger partial charge in [-0.3, -0.25) is 14.5 Å². The Morgan fingerprint density at radius 1 is 1.39 bits per heavy atom. The van der Waals surface area contributed by atoms with Crippen LogP contribution in [0.3, 0.4) is 0 Å². The molecule has 1 aromatic carbocycles. The number of rotatable bonds is 6. The second-order valence-electron chi connectivity index (χ2n) is 6.75. The number of methoxy groups -OCH3 is 1. The van der Waals surface area contributed by atoms with Crippen molar-refractivity contribution >= 4 is 12.4 Å². The van der Waals surface area contributed by atoms with E-state index in [1.54, 1.807) is 14.2 Å². The normalized spacial score (nSPS) is 19.0. The lowest BCUT2D eigenvalue weighted by atomic mass is 10.0. The number of likely N-dealkylation sites (tertiary alicyclic amines) is 1. The average molecular weight is 389 g/mol. The first-order chi connectivity index (χ1) is 13.5. The molecule has 1 aliphatic rings. The van der Waals surface area contributed by atoms with Crippen molar-refractivity contribution in [1.82, 2.24) is 15.4 Å². The monoisotopic (exact) mass is 389 g/mol. The summed E-state index contributed by atoms with van der Waals surface area (Å²) in [5, 5.41) is 13.5. The molecule has 1 fully saturated rings. The number of hydrogen-bond donors (Lipinski definition) is 2. The van der Waals surface area contributed by atoms with Gasteiger partial charge in [0.05, 0.1) is 11.8 Å². The van der Waals surface area contributed by atoms with Crippen LogP contribution in [0.4, 0.5) is 0 Å². The van der Waals surface area contributed by atoms with E-state index in [1.807, 2.05) is 37.3 Å². The number of aryl methyl sites for hydroxylation is 1. The molecule has 1 amide bonds. The van der Waals surface area contributed by atoms with Crippen molar-refractivity contribution in [2.75, 3.05) is 27.2 Å². The molecule has 2 aromatic rings. The van der Waals surface area contributed by atoms with Gasteiger partial charge in [-0.25, -0.2) is 0 Å². The van der Waals surface area contributed by atoms with E-state index < -0.39 is 0 Å². The van der Waals surface area contributed by atoms with Crippen LogP contribution in [-0.4, -0.2) is 60.9 Å². The second-order valence-corrected chi connectivity index (χ2v) is 6.75. The van der Waals surface area contributed by atoms with Crippen LogP contribution in [0.1, 0.15) is 27.4 Å². The highest BCUT2D eigenvalue weighted by molar-refractivity contribution is 5.93. The minimum absolute atomic E-state index is 0.0606. The number of ether oxygens (including phenoxy) is 1. The lowest BCUT2D eigenvalue weighted by molar-refractivity contribution is -0.122. The van der Waals surface area contributed by atoms with Crippen LogP contribution in [-0.2, 0) is 22.5 Å². The summed E-state index contributed by atoms with van der Waals surface area (Å²) in [7, 11) is 3.41. The van der Waals surface area contributed by atoms with Crippen molar-refractivity contribution in [3.8, 4) is 0 Å². The predicted molar refractivity (Wildman–Crippen MR) is 103 cm³/mol. The Kier molecular flexibility index (Phi) is 8.16. The molecular formula is C20H27N3O5. The van der Waals surface area contributed by atoms with Gasteiger partial charge in [0.2, 0.25) is 0 Å². The number of carbonyl (C=O) groups excluding carboxylic acids is 1. The zero-order valence-electron chi connectivity index (χ0n) is 16.4. The molecule has 152 valence electrons. The van der Waals surface area contributed by atoms with Crippen molar-refractivity contribution in [3.63, 3.8) is 0 Å². The number of nitrogens with zero attached hydrogens (tertiary/aromatic N) is 2. The molecule has 0 spiro atoms. The maximum absolute atomic E-state index is 11.6. The van der Waals surface area contributed by atoms with E-state index in [9.17, 15) is 4.79 Å². The van der Waals surface area contributed by atoms with Gasteiger partial charge >= 0.3 is 0 Å². The molecule has 8 heteroatoms. The van der Waals surface area contributed by atoms with Crippen LogP contribution in [0.25, 0.3) is 0 Å². The molecule has 8 nitrogen and oxygen atoms in total. The topological polar surface area (TPSA) is 105 Å². The Balaban J connectivity index is 0.000000878. The fourth-order valence-corrected chi connectivity index (χ4v) is 3.45. The molecular weight excluding hydrogens is 362 g/mol. The molecule has 0 bridgehead atoms. The molecule has 28 heavy (non-hydrogen) atoms. The van der Waals surface area contributed by atoms with Crippen molar-refractivity contribution < 1.29 is 24.0 Å². The molecule has 3 rings (SSSR count). The van der Waals surface area contributed by atoms with Crippen molar-refractivity contribution in [2.45, 2.75) is 26.0 Å². The van der Waals surface area contributed by atoms with E-state index in [0.717, 1.165) is 37.5 Å². The molecule has 1 aromatic heterocycles. The highest BCUT2D eigenvalue weighted by Crippen LogP contribution is 2.25. The molecule has 2 atom stereocenters. The minimum atomic E-state index is -0.250. The first-order valence-corrected chi connectivity index (χ1v) is 9.06. The smallest absolute Gasteiger partial charge is 0.290 e. The van der Waals surface area contributed by atoms with Crippen LogP contribution >= 0.6 is 0 Å². The van der Waals surface area contributed by atoms with Crippen molar-refractivity contribution in [1.29, 1.82) is 0 Å². The number of benzene rings is 1. The summed E-state index contributed by atoms with van der Waals surface area (Å²) in [5.74, 6) is 1.25. The Hall–Kier alpha value is -2.71. The molecule has 0 saturated carbocycles. The van der Waals surface area contributed by atoms with Gasteiger partial charge < -0.3 is 19.7 Å². The summed E-state index contributed by atoms with van der Waals surface area (Å²) in [6.07, 6.45) is 1.03. The molecule has 1 aliphatic heterocycles. The van der Waals surface area contributed by atoms with E-state index in [-0.39, 0.29) is 18.5 Å². The molecule has 2 heterocycles. The van der Waals surface area contributed by atoms with Crippen LogP contribution in [0.15, 0.2) is 34.9 Å². The van der Waals surface area contributed by atoms with Crippen molar-refractivity contribution in [3.05, 3.63) is 52.9 Å². The summed E-state index contributed by atoms with van der Waals surface area (Å²) in [5.41, 5.74) is 2.79. The fourth-order valence-electron chi connectivity index (χ4n) is 3.45. The third-order valence-electron chi connectivity index (χ3n) is 4.75. The fraction of sp³-hybridized carbons (Fsp3) is 0.450. The van der Waals surface area contributed by atoms with Crippen LogP contribution < -0.4 is 5.32 Å². The molecule has 0 aliphatic carbocycles. The number of nitrogens with one attached hydrogen (secondary N) is 1. The molecule has 0 radical (unpaired) electrons. The highest BCUT2D eigenvalue weighted by atomic mass is 16.5. The van der Waals surface area contributed by atoms with Crippen LogP contribution in [0, 0.1) is 12.8 Å². The maximum Gasteiger partial charge on any atom is 0.290 e. The predicted octanol–water partition coefficient (Wildman–Crippen LogP) is 1.73. The number of hydrogen-bond acceptors (Lipinski definition) is 6. The van der Waals surface area contributed by atoms with Gasteiger partial charge in [-0.05, 0) is 24.6 Å². The van der Waals surface area contributed by atoms with Gasteiger partial charge in [0.25, 0.3) is 12.4 Å². The first kappa shape index (κ1) is 21.6. The van der Waals surface area contributed by atoms with E-state index in [0.29, 0.717) is 11.5 Å². The van der Waals surface area contributed by atoms with Gasteiger partial charge in [-0.15, -0.1) is 0 Å². The first-order valence-electron chi connectivity index (χ1n) is 9.06. The van der Waals surface area contributed by atoms with Crippen LogP contribution in [0.2, 0.25) is 0 Å². The standard InChI is InChI=1S/C19H25N3O3.CH2O2/c1-13-8-17(25-21-13)9-16-11-22(12-18(16)24-3)10-14-4-6-15(7-5-14)19(23)20-2;2-1-3/h4-8,16,18H,9-12H2,1-3H3,(H,20,23);1H,(H,2,3)/t16-,18+;/m1./s1. The number of amides is 1. The third-order valence-corrected chi connectivity index (χ3v) is 4.75. The van der Waals surface area contributed by atoms with Gasteiger partial charge in [-0.1, -0.05) is 17.3 Å². The Morgan fingerprint density at radius 3 is 2.61 bits per heavy atom. The van der Waals surface area contributed by atoms with E-state index in [2.05, 4.69) is 15.4 Å². The van der Waals surface area contributed by atoms with E-state index in [1.165, 1.54) is 5.56 Å². The lowest BCUT2D eigenvalue weighted by Gasteiger charge is -2.15. The zero-order valence-corrected chi connectivity index (χ0v) is 16.4. The van der Waals surface area contributed by atoms with Gasteiger partial charge in [0.1, 0.15) is 5.76 Å². The minimum Gasteiger partial charge on any atom is -0.483 e. The Morgan fingerprint density at radius 2 is 2.07 bits per heavy atom. The number of aromatic nitrogens is 1. The third kappa shape index (κ3) is 5.90. The largest absolute Gasteiger partial charge is 0.483 e. The molecule has 0 unspecified atom stereocenters. The van der Waals surface area contributed by atoms with E-state index >= 15 is 0 Å². The van der Waals surface area contributed by atoms with Gasteiger partial charge in [-0.2, -0.15) is 0 Å². The summed E-state index contributed by atoms with van der Waals surface area (Å²) < 4.78 is 11.0. The summed E-state index contributed by atoms with van der Waals surface area (Å²) in [6.45, 7) is 4.38. The zero-order chi connectivity index (χ0) is 20.5.